The van der Waals surface area contributed by atoms with Crippen LogP contribution in [-0.2, 0) is 0 Å². The van der Waals surface area contributed by atoms with Crippen LogP contribution in [0.4, 0.5) is 0 Å². The van der Waals surface area contributed by atoms with Crippen LogP contribution in [0.5, 0.6) is 0 Å². The largest absolute Gasteiger partial charge is 0.456 e. The van der Waals surface area contributed by atoms with Gasteiger partial charge in [-0.25, -0.2) is 0 Å². The van der Waals surface area contributed by atoms with Crippen LogP contribution in [-0.4, -0.2) is 5.71 Å². The van der Waals surface area contributed by atoms with Gasteiger partial charge in [-0.15, -0.1) is 0 Å². The van der Waals surface area contributed by atoms with Crippen LogP contribution in [0.1, 0.15) is 11.1 Å². The topological polar surface area (TPSA) is 37.0 Å². The smallest absolute Gasteiger partial charge is 0.136 e. The van der Waals surface area contributed by atoms with E-state index in [4.69, 9.17) is 9.83 Å². The normalized spacial score (nSPS) is 11.2. The van der Waals surface area contributed by atoms with Crippen molar-refractivity contribution in [2.24, 2.45) is 0 Å². The van der Waals surface area contributed by atoms with Gasteiger partial charge in [0.05, 0.1) is 5.71 Å². The van der Waals surface area contributed by atoms with Gasteiger partial charge in [-0.2, -0.15) is 0 Å². The van der Waals surface area contributed by atoms with E-state index in [1.165, 1.54) is 33.4 Å². The predicted molar refractivity (Wildman–Crippen MR) is 188 cm³/mol. The van der Waals surface area contributed by atoms with Crippen molar-refractivity contribution in [2.45, 2.75) is 0 Å². The van der Waals surface area contributed by atoms with Gasteiger partial charge in [0.15, 0.2) is 0 Å². The predicted octanol–water partition coefficient (Wildman–Crippen LogP) is 11.7. The Labute approximate surface area is 262 Å². The molecule has 0 amide bonds. The van der Waals surface area contributed by atoms with E-state index in [0.29, 0.717) is 5.71 Å². The number of rotatable bonds is 6. The second-order valence-corrected chi connectivity index (χ2v) is 11.3. The van der Waals surface area contributed by atoms with Crippen molar-refractivity contribution in [2.75, 3.05) is 0 Å². The lowest BCUT2D eigenvalue weighted by molar-refractivity contribution is 0.669. The van der Waals surface area contributed by atoms with Crippen molar-refractivity contribution in [3.8, 4) is 44.5 Å². The van der Waals surface area contributed by atoms with Crippen molar-refractivity contribution in [1.29, 1.82) is 5.41 Å². The Bertz CT molecular complexity index is 2300. The summed E-state index contributed by atoms with van der Waals surface area (Å²) in [7, 11) is 0. The van der Waals surface area contributed by atoms with Crippen molar-refractivity contribution >= 4 is 27.7 Å². The second-order valence-electron chi connectivity index (χ2n) is 11.3. The molecule has 0 aliphatic rings. The molecule has 212 valence electrons. The van der Waals surface area contributed by atoms with Crippen LogP contribution in [0.3, 0.4) is 0 Å². The fourth-order valence-corrected chi connectivity index (χ4v) is 6.19. The minimum atomic E-state index is 0.494. The first-order chi connectivity index (χ1) is 22.2. The Morgan fingerprint density at radius 2 is 0.844 bits per heavy atom. The first-order valence-corrected chi connectivity index (χ1v) is 15.2. The Kier molecular flexibility index (Phi) is 6.66. The van der Waals surface area contributed by atoms with Gasteiger partial charge in [0.25, 0.3) is 0 Å². The summed E-state index contributed by atoms with van der Waals surface area (Å²) in [6.45, 7) is 0. The maximum atomic E-state index is 8.96. The van der Waals surface area contributed by atoms with E-state index >= 15 is 0 Å². The van der Waals surface area contributed by atoms with Crippen LogP contribution in [0, 0.1) is 5.41 Å². The first kappa shape index (κ1) is 26.6. The van der Waals surface area contributed by atoms with Crippen LogP contribution < -0.4 is 0 Å². The molecule has 8 aromatic rings. The molecule has 45 heavy (non-hydrogen) atoms. The van der Waals surface area contributed by atoms with Gasteiger partial charge in [-0.3, -0.25) is 5.41 Å². The Hall–Kier alpha value is -5.99. The van der Waals surface area contributed by atoms with Crippen molar-refractivity contribution in [3.63, 3.8) is 0 Å². The zero-order valence-corrected chi connectivity index (χ0v) is 24.6. The quantitative estimate of drug-likeness (QED) is 0.197. The number of fused-ring (bicyclic) bond motifs is 3. The fraction of sp³-hybridized carbons (Fsp3) is 0. The zero-order chi connectivity index (χ0) is 30.2. The van der Waals surface area contributed by atoms with E-state index in [9.17, 15) is 0 Å². The van der Waals surface area contributed by atoms with Crippen LogP contribution in [0.25, 0.3) is 66.4 Å². The number of furan rings is 1. The molecule has 0 spiro atoms. The number of nitrogens with one attached hydrogen (secondary N) is 1. The molecule has 1 aromatic heterocycles. The lowest BCUT2D eigenvalue weighted by Gasteiger charge is -2.09. The summed E-state index contributed by atoms with van der Waals surface area (Å²) in [5.74, 6) is 0. The molecule has 0 saturated carbocycles. The van der Waals surface area contributed by atoms with Gasteiger partial charge in [-0.05, 0) is 68.8 Å². The van der Waals surface area contributed by atoms with Gasteiger partial charge in [-0.1, -0.05) is 146 Å². The molecular weight excluding hydrogens is 546 g/mol. The van der Waals surface area contributed by atoms with Gasteiger partial charge < -0.3 is 4.42 Å². The Balaban J connectivity index is 1.08. The summed E-state index contributed by atoms with van der Waals surface area (Å²) in [5, 5.41) is 11.0. The summed E-state index contributed by atoms with van der Waals surface area (Å²) in [4.78, 5) is 0. The summed E-state index contributed by atoms with van der Waals surface area (Å²) < 4.78 is 6.22. The van der Waals surface area contributed by atoms with Gasteiger partial charge in [0, 0.05) is 21.9 Å². The summed E-state index contributed by atoms with van der Waals surface area (Å²) >= 11 is 0. The highest BCUT2D eigenvalue weighted by Crippen LogP contribution is 2.36. The van der Waals surface area contributed by atoms with Crippen LogP contribution in [0.2, 0.25) is 0 Å². The maximum Gasteiger partial charge on any atom is 0.136 e. The van der Waals surface area contributed by atoms with Crippen molar-refractivity contribution in [3.05, 3.63) is 181 Å². The molecule has 8 rings (SSSR count). The molecule has 1 N–H and O–H groups in total. The summed E-state index contributed by atoms with van der Waals surface area (Å²) in [6, 6.07) is 59.0. The lowest BCUT2D eigenvalue weighted by Crippen LogP contribution is -2.01. The standard InChI is InChI=1S/C43H29NO/c44-43(34-11-5-2-6-12-34)38-15-8-16-41-42(38)39-28-37(25-26-40(39)45-41)33-23-19-31(20-24-33)30-17-21-32(22-18-30)36-14-7-13-35(27-36)29-9-3-1-4-10-29/h1-28,44H. The molecule has 0 saturated heterocycles. The minimum absolute atomic E-state index is 0.494. The van der Waals surface area contributed by atoms with Gasteiger partial charge in [0.2, 0.25) is 0 Å². The van der Waals surface area contributed by atoms with Crippen LogP contribution in [0.15, 0.2) is 174 Å². The average Bonchev–Trinajstić information content (AvgIpc) is 3.51. The minimum Gasteiger partial charge on any atom is -0.456 e. The summed E-state index contributed by atoms with van der Waals surface area (Å²) in [5.41, 5.74) is 13.4. The monoisotopic (exact) mass is 575 g/mol. The first-order valence-electron chi connectivity index (χ1n) is 15.2. The molecule has 1 heterocycles. The zero-order valence-electron chi connectivity index (χ0n) is 24.6. The summed E-state index contributed by atoms with van der Waals surface area (Å²) in [6.07, 6.45) is 0. The third kappa shape index (κ3) is 5.03. The van der Waals surface area contributed by atoms with E-state index < -0.39 is 0 Å². The Morgan fingerprint density at radius 3 is 1.47 bits per heavy atom. The number of hydrogen-bond acceptors (Lipinski definition) is 2. The van der Waals surface area contributed by atoms with E-state index in [1.807, 2.05) is 54.6 Å². The van der Waals surface area contributed by atoms with E-state index in [0.717, 1.165) is 44.2 Å². The highest BCUT2D eigenvalue weighted by molar-refractivity contribution is 6.23. The molecule has 0 bridgehead atoms. The molecule has 0 aliphatic heterocycles. The number of hydrogen-bond donors (Lipinski definition) is 1. The van der Waals surface area contributed by atoms with E-state index in [2.05, 4.69) is 115 Å². The van der Waals surface area contributed by atoms with Crippen LogP contribution >= 0.6 is 0 Å². The third-order valence-electron chi connectivity index (χ3n) is 8.57. The molecule has 7 aromatic carbocycles. The van der Waals surface area contributed by atoms with E-state index in [-0.39, 0.29) is 0 Å². The SMILES string of the molecule is N=C(c1ccccc1)c1cccc2oc3ccc(-c4ccc(-c5ccc(-c6cccc(-c7ccccc7)c6)cc5)cc4)cc3c12. The maximum absolute atomic E-state index is 8.96. The highest BCUT2D eigenvalue weighted by Gasteiger charge is 2.16. The molecular formula is C43H29NO. The fourth-order valence-electron chi connectivity index (χ4n) is 6.19. The van der Waals surface area contributed by atoms with Gasteiger partial charge in [0.1, 0.15) is 11.2 Å². The highest BCUT2D eigenvalue weighted by atomic mass is 16.3. The van der Waals surface area contributed by atoms with Gasteiger partial charge >= 0.3 is 0 Å². The molecule has 2 nitrogen and oxygen atoms in total. The molecule has 0 radical (unpaired) electrons. The third-order valence-corrected chi connectivity index (χ3v) is 8.57. The molecule has 0 fully saturated rings. The molecule has 0 unspecified atom stereocenters. The average molecular weight is 576 g/mol. The molecule has 2 heteroatoms. The van der Waals surface area contributed by atoms with E-state index in [1.54, 1.807) is 0 Å². The molecule has 0 aliphatic carbocycles. The number of benzene rings is 7. The van der Waals surface area contributed by atoms with Crippen molar-refractivity contribution in [1.82, 2.24) is 0 Å². The second kappa shape index (κ2) is 11.3. The van der Waals surface area contributed by atoms with Crippen molar-refractivity contribution < 1.29 is 4.42 Å². The lowest BCUT2D eigenvalue weighted by atomic mass is 9.95. The Morgan fingerprint density at radius 1 is 0.378 bits per heavy atom. The molecule has 0 atom stereocenters.